The molecule has 0 unspecified atom stereocenters. The summed E-state index contributed by atoms with van der Waals surface area (Å²) in [7, 11) is 1.83. The van der Waals surface area contributed by atoms with E-state index in [9.17, 15) is 0 Å². The summed E-state index contributed by atoms with van der Waals surface area (Å²) in [6.45, 7) is 3.39. The number of fused-ring (bicyclic) bond motifs is 1. The van der Waals surface area contributed by atoms with Crippen LogP contribution in [0, 0.1) is 6.92 Å². The van der Waals surface area contributed by atoms with Gasteiger partial charge in [0, 0.05) is 19.0 Å². The molecule has 1 aliphatic heterocycles. The van der Waals surface area contributed by atoms with Gasteiger partial charge in [-0.1, -0.05) is 0 Å². The molecule has 1 aliphatic rings. The number of nitrogen functional groups attached to an aromatic ring is 1. The summed E-state index contributed by atoms with van der Waals surface area (Å²) in [4.78, 5) is 0. The Labute approximate surface area is 111 Å². The van der Waals surface area contributed by atoms with Crippen LogP contribution in [0.4, 0.5) is 5.82 Å². The van der Waals surface area contributed by atoms with Crippen LogP contribution in [0.15, 0.2) is 18.3 Å². The maximum atomic E-state index is 6.02. The zero-order chi connectivity index (χ0) is 13.4. The van der Waals surface area contributed by atoms with Gasteiger partial charge in [0.25, 0.3) is 0 Å². The first-order chi connectivity index (χ1) is 9.16. The molecule has 2 aromatic rings. The molecule has 100 valence electrons. The summed E-state index contributed by atoms with van der Waals surface area (Å²) in [5, 5.41) is 4.17. The van der Waals surface area contributed by atoms with Crippen molar-refractivity contribution in [2.45, 2.75) is 13.3 Å². The molecule has 0 amide bonds. The van der Waals surface area contributed by atoms with Gasteiger partial charge in [0.2, 0.25) is 0 Å². The van der Waals surface area contributed by atoms with E-state index in [-0.39, 0.29) is 0 Å². The fourth-order valence-electron chi connectivity index (χ4n) is 2.27. The minimum Gasteiger partial charge on any atom is -0.490 e. The molecular formula is C14H17N3O2. The van der Waals surface area contributed by atoms with E-state index in [1.54, 1.807) is 10.9 Å². The van der Waals surface area contributed by atoms with Gasteiger partial charge in [-0.2, -0.15) is 5.10 Å². The molecule has 0 bridgehead atoms. The smallest absolute Gasteiger partial charge is 0.164 e. The lowest BCUT2D eigenvalue weighted by atomic mass is 10.0. The zero-order valence-corrected chi connectivity index (χ0v) is 11.1. The average Bonchev–Trinajstić information content (AvgIpc) is 2.62. The number of aryl methyl sites for hydroxylation is 2. The summed E-state index contributed by atoms with van der Waals surface area (Å²) in [6.07, 6.45) is 2.67. The number of benzene rings is 1. The van der Waals surface area contributed by atoms with Gasteiger partial charge in [-0.25, -0.2) is 0 Å². The number of ether oxygens (including phenoxy) is 2. The monoisotopic (exact) mass is 259 g/mol. The van der Waals surface area contributed by atoms with Gasteiger partial charge >= 0.3 is 0 Å². The molecule has 0 atom stereocenters. The standard InChI is InChI=1S/C14H17N3O2/c1-9-6-10(11-8-16-17(2)14(11)15)7-12-13(9)19-5-3-4-18-12/h6-8H,3-5,15H2,1-2H3. The molecule has 0 saturated carbocycles. The zero-order valence-electron chi connectivity index (χ0n) is 11.1. The van der Waals surface area contributed by atoms with Crippen LogP contribution in [0.5, 0.6) is 11.5 Å². The fraction of sp³-hybridized carbons (Fsp3) is 0.357. The number of hydrogen-bond donors (Lipinski definition) is 1. The Morgan fingerprint density at radius 3 is 2.79 bits per heavy atom. The van der Waals surface area contributed by atoms with Gasteiger partial charge in [-0.05, 0) is 30.2 Å². The number of aromatic nitrogens is 2. The van der Waals surface area contributed by atoms with E-state index in [2.05, 4.69) is 11.2 Å². The predicted octanol–water partition coefficient (Wildman–Crippen LogP) is 2.14. The molecule has 0 saturated heterocycles. The van der Waals surface area contributed by atoms with E-state index in [1.807, 2.05) is 20.0 Å². The second-order valence-electron chi connectivity index (χ2n) is 4.74. The molecule has 5 nitrogen and oxygen atoms in total. The molecule has 19 heavy (non-hydrogen) atoms. The number of anilines is 1. The molecule has 0 radical (unpaired) electrons. The molecule has 0 fully saturated rings. The maximum Gasteiger partial charge on any atom is 0.164 e. The summed E-state index contributed by atoms with van der Waals surface area (Å²) < 4.78 is 13.1. The lowest BCUT2D eigenvalue weighted by molar-refractivity contribution is 0.296. The Bertz CT molecular complexity index is 619. The molecule has 1 aromatic heterocycles. The molecule has 0 spiro atoms. The fourth-order valence-corrected chi connectivity index (χ4v) is 2.27. The van der Waals surface area contributed by atoms with E-state index in [0.29, 0.717) is 19.0 Å². The van der Waals surface area contributed by atoms with Crippen LogP contribution < -0.4 is 15.2 Å². The van der Waals surface area contributed by atoms with E-state index < -0.39 is 0 Å². The lowest BCUT2D eigenvalue weighted by Gasteiger charge is -2.12. The lowest BCUT2D eigenvalue weighted by Crippen LogP contribution is -1.99. The second kappa shape index (κ2) is 4.50. The molecule has 0 aliphatic carbocycles. The Kier molecular flexibility index (Phi) is 2.81. The van der Waals surface area contributed by atoms with Crippen LogP contribution in [0.3, 0.4) is 0 Å². The third kappa shape index (κ3) is 2.01. The van der Waals surface area contributed by atoms with Crippen LogP contribution in [-0.4, -0.2) is 23.0 Å². The molecule has 5 heteroatoms. The van der Waals surface area contributed by atoms with Crippen LogP contribution >= 0.6 is 0 Å². The van der Waals surface area contributed by atoms with Gasteiger partial charge < -0.3 is 15.2 Å². The van der Waals surface area contributed by atoms with Crippen molar-refractivity contribution in [2.24, 2.45) is 7.05 Å². The van der Waals surface area contributed by atoms with E-state index in [1.165, 1.54) is 0 Å². The van der Waals surface area contributed by atoms with E-state index in [4.69, 9.17) is 15.2 Å². The third-order valence-corrected chi connectivity index (χ3v) is 3.33. The highest BCUT2D eigenvalue weighted by Gasteiger charge is 2.17. The van der Waals surface area contributed by atoms with Crippen LogP contribution in [-0.2, 0) is 7.05 Å². The van der Waals surface area contributed by atoms with Gasteiger partial charge in [0.1, 0.15) is 5.82 Å². The molecule has 1 aromatic carbocycles. The van der Waals surface area contributed by atoms with Gasteiger partial charge in [-0.3, -0.25) is 4.68 Å². The van der Waals surface area contributed by atoms with Crippen molar-refractivity contribution >= 4 is 5.82 Å². The predicted molar refractivity (Wildman–Crippen MR) is 73.4 cm³/mol. The van der Waals surface area contributed by atoms with Gasteiger partial charge in [0.05, 0.1) is 19.4 Å². The Morgan fingerprint density at radius 2 is 2.05 bits per heavy atom. The Balaban J connectivity index is 2.11. The van der Waals surface area contributed by atoms with Crippen molar-refractivity contribution in [3.05, 3.63) is 23.9 Å². The van der Waals surface area contributed by atoms with Crippen molar-refractivity contribution in [2.75, 3.05) is 18.9 Å². The molecule has 2 heterocycles. The van der Waals surface area contributed by atoms with Crippen LogP contribution in [0.2, 0.25) is 0 Å². The first kappa shape index (κ1) is 11.9. The van der Waals surface area contributed by atoms with Crippen LogP contribution in [0.25, 0.3) is 11.1 Å². The highest BCUT2D eigenvalue weighted by atomic mass is 16.5. The highest BCUT2D eigenvalue weighted by Crippen LogP contribution is 2.38. The Morgan fingerprint density at radius 1 is 1.26 bits per heavy atom. The van der Waals surface area contributed by atoms with Crippen molar-refractivity contribution in [3.8, 4) is 22.6 Å². The van der Waals surface area contributed by atoms with E-state index >= 15 is 0 Å². The SMILES string of the molecule is Cc1cc(-c2cnn(C)c2N)cc2c1OCCCO2. The first-order valence-electron chi connectivity index (χ1n) is 6.35. The summed E-state index contributed by atoms with van der Waals surface area (Å²) >= 11 is 0. The van der Waals surface area contributed by atoms with Crippen molar-refractivity contribution in [3.63, 3.8) is 0 Å². The minimum atomic E-state index is 0.647. The summed E-state index contributed by atoms with van der Waals surface area (Å²) in [5.74, 6) is 2.27. The maximum absolute atomic E-state index is 6.02. The number of nitrogens with two attached hydrogens (primary N) is 1. The topological polar surface area (TPSA) is 62.3 Å². The third-order valence-electron chi connectivity index (χ3n) is 3.33. The molecular weight excluding hydrogens is 242 g/mol. The normalized spacial score (nSPS) is 14.2. The highest BCUT2D eigenvalue weighted by molar-refractivity contribution is 5.76. The Hall–Kier alpha value is -2.17. The van der Waals surface area contributed by atoms with Crippen molar-refractivity contribution < 1.29 is 9.47 Å². The number of nitrogens with zero attached hydrogens (tertiary/aromatic N) is 2. The number of hydrogen-bond acceptors (Lipinski definition) is 4. The second-order valence-corrected chi connectivity index (χ2v) is 4.74. The quantitative estimate of drug-likeness (QED) is 0.852. The molecule has 3 rings (SSSR count). The minimum absolute atomic E-state index is 0.647. The van der Waals surface area contributed by atoms with Crippen LogP contribution in [0.1, 0.15) is 12.0 Å². The van der Waals surface area contributed by atoms with Gasteiger partial charge in [0.15, 0.2) is 11.5 Å². The average molecular weight is 259 g/mol. The molecule has 2 N–H and O–H groups in total. The largest absolute Gasteiger partial charge is 0.490 e. The summed E-state index contributed by atoms with van der Waals surface area (Å²) in [5.41, 5.74) is 9.00. The summed E-state index contributed by atoms with van der Waals surface area (Å²) in [6, 6.07) is 4.03. The number of rotatable bonds is 1. The van der Waals surface area contributed by atoms with Crippen molar-refractivity contribution in [1.82, 2.24) is 9.78 Å². The first-order valence-corrected chi connectivity index (χ1v) is 6.35. The van der Waals surface area contributed by atoms with Crippen molar-refractivity contribution in [1.29, 1.82) is 0 Å². The van der Waals surface area contributed by atoms with E-state index in [0.717, 1.165) is 34.6 Å². The van der Waals surface area contributed by atoms with Gasteiger partial charge in [-0.15, -0.1) is 0 Å².